The number of rotatable bonds is 4. The fourth-order valence-corrected chi connectivity index (χ4v) is 2.32. The molecule has 1 fully saturated rings. The van der Waals surface area contributed by atoms with Gasteiger partial charge in [-0.05, 0) is 35.4 Å². The van der Waals surface area contributed by atoms with Gasteiger partial charge in [0.1, 0.15) is 12.2 Å². The molecule has 5 heteroatoms. The molecule has 5 nitrogen and oxygen atoms in total. The van der Waals surface area contributed by atoms with Gasteiger partial charge in [0.2, 0.25) is 0 Å². The molecule has 0 aromatic heterocycles. The third-order valence-corrected chi connectivity index (χ3v) is 3.42. The van der Waals surface area contributed by atoms with E-state index in [1.54, 1.807) is 36.4 Å². The second-order valence-corrected chi connectivity index (χ2v) is 4.84. The third kappa shape index (κ3) is 2.64. The quantitative estimate of drug-likeness (QED) is 0.843. The van der Waals surface area contributed by atoms with Crippen molar-refractivity contribution in [1.29, 1.82) is 0 Å². The zero-order valence-electron chi connectivity index (χ0n) is 10.9. The van der Waals surface area contributed by atoms with E-state index >= 15 is 0 Å². The first-order chi connectivity index (χ1) is 10.1. The van der Waals surface area contributed by atoms with Crippen LogP contribution in [-0.4, -0.2) is 22.2 Å². The molecule has 2 atom stereocenters. The highest BCUT2D eigenvalue weighted by Gasteiger charge is 2.41. The van der Waals surface area contributed by atoms with Crippen LogP contribution < -0.4 is 0 Å². The molecule has 0 bridgehead atoms. The average Bonchev–Trinajstić information content (AvgIpc) is 3.28. The van der Waals surface area contributed by atoms with Crippen molar-refractivity contribution in [3.05, 3.63) is 70.8 Å². The van der Waals surface area contributed by atoms with Gasteiger partial charge >= 0.3 is 11.9 Å². The molecule has 1 aliphatic heterocycles. The lowest BCUT2D eigenvalue weighted by atomic mass is 10.0. The minimum atomic E-state index is -0.984. The van der Waals surface area contributed by atoms with Crippen molar-refractivity contribution in [2.24, 2.45) is 0 Å². The zero-order chi connectivity index (χ0) is 15.0. The summed E-state index contributed by atoms with van der Waals surface area (Å²) in [7, 11) is 0. The number of hydrogen-bond acceptors (Lipinski definition) is 3. The highest BCUT2D eigenvalue weighted by atomic mass is 16.6. The first-order valence-electron chi connectivity index (χ1n) is 6.38. The van der Waals surface area contributed by atoms with Crippen LogP contribution in [0.3, 0.4) is 0 Å². The molecule has 1 saturated heterocycles. The van der Waals surface area contributed by atoms with Crippen LogP contribution in [0.1, 0.15) is 44.1 Å². The van der Waals surface area contributed by atoms with Gasteiger partial charge < -0.3 is 14.9 Å². The molecular formula is C16H12O5. The van der Waals surface area contributed by atoms with Crippen molar-refractivity contribution < 1.29 is 24.5 Å². The minimum Gasteiger partial charge on any atom is -0.478 e. The number of benzene rings is 2. The molecule has 3 rings (SSSR count). The molecule has 106 valence electrons. The van der Waals surface area contributed by atoms with Gasteiger partial charge in [-0.25, -0.2) is 9.59 Å². The lowest BCUT2D eigenvalue weighted by molar-refractivity contribution is 0.0686. The molecule has 0 aliphatic carbocycles. The van der Waals surface area contributed by atoms with Crippen molar-refractivity contribution in [2.75, 3.05) is 0 Å². The van der Waals surface area contributed by atoms with Gasteiger partial charge in [-0.1, -0.05) is 24.3 Å². The van der Waals surface area contributed by atoms with Crippen LogP contribution in [0, 0.1) is 0 Å². The van der Waals surface area contributed by atoms with Crippen molar-refractivity contribution in [1.82, 2.24) is 0 Å². The summed E-state index contributed by atoms with van der Waals surface area (Å²) >= 11 is 0. The molecule has 2 aromatic rings. The summed E-state index contributed by atoms with van der Waals surface area (Å²) in [5, 5.41) is 18.0. The Kier molecular flexibility index (Phi) is 3.19. The highest BCUT2D eigenvalue weighted by molar-refractivity contribution is 5.88. The SMILES string of the molecule is O=C(O)c1cccc(C2OC2c2cccc(C(=O)O)c2)c1. The lowest BCUT2D eigenvalue weighted by Crippen LogP contribution is -1.98. The Balaban J connectivity index is 1.83. The first-order valence-corrected chi connectivity index (χ1v) is 6.38. The third-order valence-electron chi connectivity index (χ3n) is 3.42. The maximum absolute atomic E-state index is 11.0. The van der Waals surface area contributed by atoms with E-state index in [2.05, 4.69) is 0 Å². The van der Waals surface area contributed by atoms with Gasteiger partial charge in [0, 0.05) is 0 Å². The standard InChI is InChI=1S/C16H12O5/c17-15(18)11-5-1-3-9(7-11)13-14(21-13)10-4-2-6-12(8-10)16(19)20/h1-8,13-14H,(H,17,18)(H,19,20). The van der Waals surface area contributed by atoms with E-state index in [4.69, 9.17) is 14.9 Å². The Bertz CT molecular complexity index is 661. The Morgan fingerprint density at radius 1 is 0.810 bits per heavy atom. The van der Waals surface area contributed by atoms with Crippen LogP contribution >= 0.6 is 0 Å². The van der Waals surface area contributed by atoms with E-state index in [-0.39, 0.29) is 23.3 Å². The van der Waals surface area contributed by atoms with E-state index < -0.39 is 11.9 Å². The Morgan fingerprint density at radius 2 is 1.24 bits per heavy atom. The highest BCUT2D eigenvalue weighted by Crippen LogP contribution is 2.51. The van der Waals surface area contributed by atoms with Crippen LogP contribution in [-0.2, 0) is 4.74 Å². The first kappa shape index (κ1) is 13.3. The second kappa shape index (κ2) is 5.03. The fraction of sp³-hybridized carbons (Fsp3) is 0.125. The monoisotopic (exact) mass is 284 g/mol. The van der Waals surface area contributed by atoms with Crippen molar-refractivity contribution >= 4 is 11.9 Å². The fourth-order valence-electron chi connectivity index (χ4n) is 2.32. The molecule has 2 N–H and O–H groups in total. The number of hydrogen-bond donors (Lipinski definition) is 2. The molecule has 0 radical (unpaired) electrons. The molecule has 1 aliphatic rings. The number of aromatic carboxylic acids is 2. The number of carboxylic acids is 2. The van der Waals surface area contributed by atoms with Gasteiger partial charge in [-0.2, -0.15) is 0 Å². The Morgan fingerprint density at radius 3 is 1.62 bits per heavy atom. The number of carboxylic acid groups (broad SMARTS) is 2. The van der Waals surface area contributed by atoms with Gasteiger partial charge in [0.25, 0.3) is 0 Å². The zero-order valence-corrected chi connectivity index (χ0v) is 10.9. The van der Waals surface area contributed by atoms with E-state index in [1.165, 1.54) is 12.1 Å². The second-order valence-electron chi connectivity index (χ2n) is 4.84. The van der Waals surface area contributed by atoms with Crippen molar-refractivity contribution in [3.8, 4) is 0 Å². The average molecular weight is 284 g/mol. The predicted octanol–water partition coefficient (Wildman–Crippen LogP) is 2.90. The molecular weight excluding hydrogens is 272 g/mol. The maximum Gasteiger partial charge on any atom is 0.335 e. The van der Waals surface area contributed by atoms with Crippen LogP contribution in [0.25, 0.3) is 0 Å². The summed E-state index contributed by atoms with van der Waals surface area (Å²) in [6.07, 6.45) is -0.457. The van der Waals surface area contributed by atoms with Gasteiger partial charge in [0.15, 0.2) is 0 Å². The molecule has 0 amide bonds. The molecule has 2 aromatic carbocycles. The molecule has 2 unspecified atom stereocenters. The number of carbonyl (C=O) groups is 2. The number of epoxide rings is 1. The summed E-state index contributed by atoms with van der Waals surface area (Å²) in [6.45, 7) is 0. The summed E-state index contributed by atoms with van der Waals surface area (Å²) < 4.78 is 5.57. The number of ether oxygens (including phenoxy) is 1. The van der Waals surface area contributed by atoms with Gasteiger partial charge in [-0.3, -0.25) is 0 Å². The lowest BCUT2D eigenvalue weighted by Gasteiger charge is -2.00. The molecule has 21 heavy (non-hydrogen) atoms. The normalized spacial score (nSPS) is 20.0. The van der Waals surface area contributed by atoms with Gasteiger partial charge in [0.05, 0.1) is 11.1 Å². The molecule has 0 saturated carbocycles. The summed E-state index contributed by atoms with van der Waals surface area (Å²) in [6, 6.07) is 13.2. The predicted molar refractivity (Wildman–Crippen MR) is 73.4 cm³/mol. The Hall–Kier alpha value is -2.66. The van der Waals surface area contributed by atoms with Crippen LogP contribution in [0.5, 0.6) is 0 Å². The van der Waals surface area contributed by atoms with Crippen molar-refractivity contribution in [2.45, 2.75) is 12.2 Å². The summed E-state index contributed by atoms with van der Waals surface area (Å²) in [5.41, 5.74) is 1.98. The summed E-state index contributed by atoms with van der Waals surface area (Å²) in [5.74, 6) is -1.97. The van der Waals surface area contributed by atoms with E-state index in [9.17, 15) is 9.59 Å². The minimum absolute atomic E-state index is 0.209. The Labute approximate surface area is 120 Å². The van der Waals surface area contributed by atoms with Gasteiger partial charge in [-0.15, -0.1) is 0 Å². The van der Waals surface area contributed by atoms with E-state index in [0.717, 1.165) is 11.1 Å². The molecule has 0 spiro atoms. The van der Waals surface area contributed by atoms with Crippen molar-refractivity contribution in [3.63, 3.8) is 0 Å². The smallest absolute Gasteiger partial charge is 0.335 e. The van der Waals surface area contributed by atoms with E-state index in [1.807, 2.05) is 0 Å². The largest absolute Gasteiger partial charge is 0.478 e. The topological polar surface area (TPSA) is 87.1 Å². The van der Waals surface area contributed by atoms with E-state index in [0.29, 0.717) is 0 Å². The van der Waals surface area contributed by atoms with Crippen LogP contribution in [0.2, 0.25) is 0 Å². The van der Waals surface area contributed by atoms with Crippen LogP contribution in [0.15, 0.2) is 48.5 Å². The maximum atomic E-state index is 11.0. The van der Waals surface area contributed by atoms with Crippen LogP contribution in [0.4, 0.5) is 0 Å². The molecule has 1 heterocycles. The summed E-state index contributed by atoms with van der Waals surface area (Å²) in [4.78, 5) is 21.9.